The molecule has 0 fully saturated rings. The van der Waals surface area contributed by atoms with E-state index in [1.165, 1.54) is 6.07 Å². The first-order chi connectivity index (χ1) is 14.8. The summed E-state index contributed by atoms with van der Waals surface area (Å²) in [6, 6.07) is 10.8. The zero-order valence-electron chi connectivity index (χ0n) is 17.9. The number of hydrogen-bond donors (Lipinski definition) is 3. The number of aromatic amines is 2. The Kier molecular flexibility index (Phi) is 5.35. The summed E-state index contributed by atoms with van der Waals surface area (Å²) in [6.45, 7) is 5.91. The molecule has 1 amide bonds. The maximum atomic E-state index is 12.9. The zero-order chi connectivity index (χ0) is 22.2. The van der Waals surface area contributed by atoms with Crippen LogP contribution in [0, 0.1) is 5.41 Å². The number of amides is 1. The number of Topliss-reactive ketones (excluding diaryl/α,β-unsaturated/α-hetero) is 1. The number of imidazole rings is 1. The molecule has 0 radical (unpaired) electrons. The van der Waals surface area contributed by atoms with E-state index in [4.69, 9.17) is 0 Å². The van der Waals surface area contributed by atoms with E-state index in [1.54, 1.807) is 6.20 Å². The molecule has 3 aromatic rings. The number of fused-ring (bicyclic) bond motifs is 1. The second-order valence-corrected chi connectivity index (χ2v) is 8.83. The third kappa shape index (κ3) is 4.21. The van der Waals surface area contributed by atoms with E-state index >= 15 is 0 Å². The minimum absolute atomic E-state index is 0.0536. The maximum Gasteiger partial charge on any atom is 0.261 e. The van der Waals surface area contributed by atoms with Crippen LogP contribution in [0.4, 0.5) is 0 Å². The van der Waals surface area contributed by atoms with Gasteiger partial charge < -0.3 is 15.3 Å². The Bertz CT molecular complexity index is 1190. The lowest BCUT2D eigenvalue weighted by Gasteiger charge is -2.29. The van der Waals surface area contributed by atoms with E-state index in [1.807, 2.05) is 51.1 Å². The van der Waals surface area contributed by atoms with Crippen LogP contribution < -0.4 is 10.9 Å². The van der Waals surface area contributed by atoms with E-state index in [9.17, 15) is 14.4 Å². The summed E-state index contributed by atoms with van der Waals surface area (Å²) < 4.78 is 0. The van der Waals surface area contributed by atoms with Gasteiger partial charge in [0.1, 0.15) is 11.4 Å². The van der Waals surface area contributed by atoms with Gasteiger partial charge in [-0.1, -0.05) is 51.1 Å². The molecule has 0 saturated heterocycles. The van der Waals surface area contributed by atoms with Crippen LogP contribution in [0.1, 0.15) is 71.9 Å². The molecule has 1 atom stereocenters. The maximum absolute atomic E-state index is 12.9. The van der Waals surface area contributed by atoms with Crippen molar-refractivity contribution in [3.05, 3.63) is 75.6 Å². The molecule has 1 aromatic carbocycles. The summed E-state index contributed by atoms with van der Waals surface area (Å²) in [7, 11) is 0. The van der Waals surface area contributed by atoms with Gasteiger partial charge in [0.25, 0.3) is 11.5 Å². The van der Waals surface area contributed by atoms with Gasteiger partial charge in [-0.25, -0.2) is 4.98 Å². The molecule has 160 valence electrons. The molecular formula is C24H26N4O3. The van der Waals surface area contributed by atoms with Crippen molar-refractivity contribution in [1.29, 1.82) is 0 Å². The van der Waals surface area contributed by atoms with Crippen molar-refractivity contribution in [2.75, 3.05) is 0 Å². The number of aromatic nitrogens is 3. The number of pyridine rings is 1. The van der Waals surface area contributed by atoms with Gasteiger partial charge >= 0.3 is 0 Å². The predicted molar refractivity (Wildman–Crippen MR) is 118 cm³/mol. The molecule has 2 aromatic heterocycles. The number of hydrogen-bond acceptors (Lipinski definition) is 4. The lowest BCUT2D eigenvalue weighted by molar-refractivity contribution is 0.0910. The first kappa shape index (κ1) is 20.8. The van der Waals surface area contributed by atoms with Gasteiger partial charge in [-0.2, -0.15) is 0 Å². The summed E-state index contributed by atoms with van der Waals surface area (Å²) in [5.74, 6) is 0.0373. The molecule has 1 aliphatic carbocycles. The highest BCUT2D eigenvalue weighted by Crippen LogP contribution is 2.33. The number of carbonyl (C=O) groups is 2. The van der Waals surface area contributed by atoms with Crippen molar-refractivity contribution in [3.63, 3.8) is 0 Å². The fourth-order valence-corrected chi connectivity index (χ4v) is 4.07. The molecule has 0 aliphatic heterocycles. The third-order valence-corrected chi connectivity index (χ3v) is 5.69. The molecule has 4 rings (SSSR count). The Morgan fingerprint density at radius 3 is 2.61 bits per heavy atom. The summed E-state index contributed by atoms with van der Waals surface area (Å²) in [4.78, 5) is 48.5. The van der Waals surface area contributed by atoms with Crippen LogP contribution in [0.3, 0.4) is 0 Å². The standard InChI is InChI=1S/C24H26N4O3/c1-4-17(21-25-13-19(26-21)14-8-6-5-7-9-14)27-22(30)16-10-15-18(28-23(16)31)11-24(2,3)12-20(15)29/h5-10,13,17H,4,11-12H2,1-3H3,(H,25,26)(H,27,30)(H,28,31). The molecule has 0 bridgehead atoms. The van der Waals surface area contributed by atoms with Crippen molar-refractivity contribution in [2.45, 2.75) is 46.1 Å². The fourth-order valence-electron chi connectivity index (χ4n) is 4.07. The van der Waals surface area contributed by atoms with Crippen LogP contribution in [0.25, 0.3) is 11.3 Å². The molecule has 2 heterocycles. The van der Waals surface area contributed by atoms with Crippen LogP contribution in [0.15, 0.2) is 47.4 Å². The van der Waals surface area contributed by atoms with E-state index in [0.717, 1.165) is 11.3 Å². The first-order valence-electron chi connectivity index (χ1n) is 10.5. The predicted octanol–water partition coefficient (Wildman–Crippen LogP) is 3.80. The van der Waals surface area contributed by atoms with Gasteiger partial charge in [0.05, 0.1) is 17.9 Å². The van der Waals surface area contributed by atoms with Gasteiger partial charge in [-0.3, -0.25) is 14.4 Å². The van der Waals surface area contributed by atoms with Gasteiger partial charge in [0.2, 0.25) is 0 Å². The number of carbonyl (C=O) groups excluding carboxylic acids is 2. The Morgan fingerprint density at radius 2 is 1.90 bits per heavy atom. The summed E-state index contributed by atoms with van der Waals surface area (Å²) in [6.07, 6.45) is 3.30. The average molecular weight is 418 g/mol. The summed E-state index contributed by atoms with van der Waals surface area (Å²) in [5, 5.41) is 2.88. The summed E-state index contributed by atoms with van der Waals surface area (Å²) >= 11 is 0. The van der Waals surface area contributed by atoms with Crippen molar-refractivity contribution >= 4 is 11.7 Å². The second kappa shape index (κ2) is 7.98. The molecule has 1 aliphatic rings. The second-order valence-electron chi connectivity index (χ2n) is 8.83. The highest BCUT2D eigenvalue weighted by atomic mass is 16.2. The number of benzene rings is 1. The largest absolute Gasteiger partial charge is 0.342 e. The zero-order valence-corrected chi connectivity index (χ0v) is 17.9. The molecule has 3 N–H and O–H groups in total. The number of nitrogens with zero attached hydrogens (tertiary/aromatic N) is 1. The molecular weight excluding hydrogens is 392 g/mol. The minimum atomic E-state index is -0.522. The monoisotopic (exact) mass is 418 g/mol. The molecule has 0 spiro atoms. The molecule has 7 heteroatoms. The SMILES string of the molecule is CCC(NC(=O)c1cc2c([nH]c1=O)CC(C)(C)CC2=O)c1ncc(-c2ccccc2)[nH]1. The Balaban J connectivity index is 1.58. The van der Waals surface area contributed by atoms with E-state index in [-0.39, 0.29) is 16.8 Å². The minimum Gasteiger partial charge on any atom is -0.342 e. The first-order valence-corrected chi connectivity index (χ1v) is 10.5. The van der Waals surface area contributed by atoms with Crippen LogP contribution in [-0.4, -0.2) is 26.6 Å². The molecule has 0 saturated carbocycles. The van der Waals surface area contributed by atoms with Gasteiger partial charge in [-0.15, -0.1) is 0 Å². The Labute approximate surface area is 180 Å². The highest BCUT2D eigenvalue weighted by Gasteiger charge is 2.33. The Morgan fingerprint density at radius 1 is 1.16 bits per heavy atom. The van der Waals surface area contributed by atoms with Crippen molar-refractivity contribution < 1.29 is 9.59 Å². The van der Waals surface area contributed by atoms with Gasteiger partial charge in [0.15, 0.2) is 5.78 Å². The topological polar surface area (TPSA) is 108 Å². The highest BCUT2D eigenvalue weighted by molar-refractivity contribution is 6.02. The number of ketones is 1. The average Bonchev–Trinajstić information content (AvgIpc) is 3.21. The normalized spacial score (nSPS) is 15.9. The quantitative estimate of drug-likeness (QED) is 0.586. The van der Waals surface area contributed by atoms with Crippen LogP contribution in [-0.2, 0) is 6.42 Å². The van der Waals surface area contributed by atoms with Crippen molar-refractivity contribution in [2.24, 2.45) is 5.41 Å². The lowest BCUT2D eigenvalue weighted by atomic mass is 9.75. The van der Waals surface area contributed by atoms with Crippen molar-refractivity contribution in [3.8, 4) is 11.3 Å². The molecule has 1 unspecified atom stereocenters. The smallest absolute Gasteiger partial charge is 0.261 e. The Hall–Kier alpha value is -3.48. The van der Waals surface area contributed by atoms with Crippen LogP contribution in [0.5, 0.6) is 0 Å². The number of nitrogens with one attached hydrogen (secondary N) is 3. The third-order valence-electron chi connectivity index (χ3n) is 5.69. The lowest BCUT2D eigenvalue weighted by Crippen LogP contribution is -2.36. The van der Waals surface area contributed by atoms with E-state index in [2.05, 4.69) is 20.3 Å². The van der Waals surface area contributed by atoms with Gasteiger partial charge in [-0.05, 0) is 29.9 Å². The number of rotatable bonds is 5. The summed E-state index contributed by atoms with van der Waals surface area (Å²) in [5.41, 5.74) is 2.13. The molecule has 7 nitrogen and oxygen atoms in total. The number of H-pyrrole nitrogens is 2. The van der Waals surface area contributed by atoms with Crippen LogP contribution >= 0.6 is 0 Å². The fraction of sp³-hybridized carbons (Fsp3) is 0.333. The van der Waals surface area contributed by atoms with E-state index in [0.29, 0.717) is 36.3 Å². The van der Waals surface area contributed by atoms with Gasteiger partial charge in [0, 0.05) is 17.7 Å². The molecule has 31 heavy (non-hydrogen) atoms. The van der Waals surface area contributed by atoms with Crippen molar-refractivity contribution in [1.82, 2.24) is 20.3 Å². The van der Waals surface area contributed by atoms with E-state index < -0.39 is 17.5 Å². The van der Waals surface area contributed by atoms with Crippen LogP contribution in [0.2, 0.25) is 0 Å².